The molecule has 0 aromatic heterocycles. The van der Waals surface area contributed by atoms with Gasteiger partial charge in [-0.2, -0.15) is 0 Å². The van der Waals surface area contributed by atoms with Crippen LogP contribution in [-0.4, -0.2) is 5.78 Å². The molecule has 0 aliphatic carbocycles. The SMILES string of the molecule is CC(=O)C(Cl)(Cc1ccccc1)c1ccccc1. The summed E-state index contributed by atoms with van der Waals surface area (Å²) in [6.45, 7) is 1.54. The van der Waals surface area contributed by atoms with E-state index < -0.39 is 4.87 Å². The second-order valence-corrected chi connectivity index (χ2v) is 5.03. The summed E-state index contributed by atoms with van der Waals surface area (Å²) in [5, 5.41) is 0. The van der Waals surface area contributed by atoms with Crippen LogP contribution in [-0.2, 0) is 16.1 Å². The number of benzene rings is 2. The molecule has 0 aliphatic rings. The van der Waals surface area contributed by atoms with Crippen molar-refractivity contribution in [2.75, 3.05) is 0 Å². The zero-order chi connectivity index (χ0) is 13.0. The molecule has 1 nitrogen and oxygen atoms in total. The second kappa shape index (κ2) is 5.36. The number of hydrogen-bond acceptors (Lipinski definition) is 1. The molecule has 0 amide bonds. The Kier molecular flexibility index (Phi) is 3.83. The Hall–Kier alpha value is -1.60. The van der Waals surface area contributed by atoms with E-state index in [0.29, 0.717) is 6.42 Å². The first-order chi connectivity index (χ1) is 8.63. The van der Waals surface area contributed by atoms with Crippen molar-refractivity contribution in [3.05, 3.63) is 71.8 Å². The number of carbonyl (C=O) groups is 1. The van der Waals surface area contributed by atoms with Gasteiger partial charge < -0.3 is 0 Å². The third kappa shape index (κ3) is 2.62. The predicted octanol–water partition coefficient (Wildman–Crippen LogP) is 3.95. The smallest absolute Gasteiger partial charge is 0.155 e. The molecule has 0 bridgehead atoms. The van der Waals surface area contributed by atoms with Crippen LogP contribution in [0.5, 0.6) is 0 Å². The first-order valence-corrected chi connectivity index (χ1v) is 6.30. The van der Waals surface area contributed by atoms with E-state index in [-0.39, 0.29) is 5.78 Å². The summed E-state index contributed by atoms with van der Waals surface area (Å²) in [7, 11) is 0. The fourth-order valence-corrected chi connectivity index (χ4v) is 2.29. The zero-order valence-corrected chi connectivity index (χ0v) is 11.0. The molecule has 0 N–H and O–H groups in total. The van der Waals surface area contributed by atoms with Crippen LogP contribution in [0, 0.1) is 0 Å². The van der Waals surface area contributed by atoms with E-state index in [9.17, 15) is 4.79 Å². The molecule has 2 aromatic carbocycles. The average molecular weight is 259 g/mol. The Morgan fingerprint density at radius 3 is 2.00 bits per heavy atom. The molecule has 0 saturated carbocycles. The van der Waals surface area contributed by atoms with Crippen molar-refractivity contribution in [1.82, 2.24) is 0 Å². The van der Waals surface area contributed by atoms with Gasteiger partial charge in [-0.1, -0.05) is 60.7 Å². The quantitative estimate of drug-likeness (QED) is 0.759. The fraction of sp³-hybridized carbons (Fsp3) is 0.188. The Morgan fingerprint density at radius 2 is 1.50 bits per heavy atom. The Balaban J connectivity index is 2.37. The minimum absolute atomic E-state index is 0.0285. The number of rotatable bonds is 4. The monoisotopic (exact) mass is 258 g/mol. The second-order valence-electron chi connectivity index (χ2n) is 4.39. The lowest BCUT2D eigenvalue weighted by atomic mass is 9.88. The van der Waals surface area contributed by atoms with Gasteiger partial charge in [0.05, 0.1) is 0 Å². The maximum Gasteiger partial charge on any atom is 0.155 e. The summed E-state index contributed by atoms with van der Waals surface area (Å²) in [6, 6.07) is 19.4. The van der Waals surface area contributed by atoms with E-state index in [1.165, 1.54) is 0 Å². The van der Waals surface area contributed by atoms with Gasteiger partial charge in [0.1, 0.15) is 4.87 Å². The molecular formula is C16H15ClO. The van der Waals surface area contributed by atoms with E-state index >= 15 is 0 Å². The van der Waals surface area contributed by atoms with Crippen LogP contribution in [0.15, 0.2) is 60.7 Å². The molecule has 0 fully saturated rings. The molecule has 0 saturated heterocycles. The topological polar surface area (TPSA) is 17.1 Å². The highest BCUT2D eigenvalue weighted by Gasteiger charge is 2.34. The molecule has 0 aliphatic heterocycles. The highest BCUT2D eigenvalue weighted by Crippen LogP contribution is 2.34. The number of ketones is 1. The molecule has 0 heterocycles. The average Bonchev–Trinajstić information content (AvgIpc) is 2.40. The Morgan fingerprint density at radius 1 is 1.00 bits per heavy atom. The zero-order valence-electron chi connectivity index (χ0n) is 10.3. The van der Waals surface area contributed by atoms with Crippen LogP contribution < -0.4 is 0 Å². The highest BCUT2D eigenvalue weighted by molar-refractivity contribution is 6.34. The van der Waals surface area contributed by atoms with Gasteiger partial charge in [-0.3, -0.25) is 4.79 Å². The van der Waals surface area contributed by atoms with Crippen molar-refractivity contribution in [1.29, 1.82) is 0 Å². The summed E-state index contributed by atoms with van der Waals surface area (Å²) in [5.74, 6) is -0.0285. The van der Waals surface area contributed by atoms with Gasteiger partial charge in [0, 0.05) is 6.42 Å². The van der Waals surface area contributed by atoms with Gasteiger partial charge in [0.2, 0.25) is 0 Å². The molecule has 0 spiro atoms. The van der Waals surface area contributed by atoms with Crippen LogP contribution in [0.2, 0.25) is 0 Å². The van der Waals surface area contributed by atoms with E-state index in [2.05, 4.69) is 0 Å². The lowest BCUT2D eigenvalue weighted by Gasteiger charge is -2.24. The van der Waals surface area contributed by atoms with Crippen LogP contribution in [0.1, 0.15) is 18.1 Å². The van der Waals surface area contributed by atoms with Crippen molar-refractivity contribution in [3.63, 3.8) is 0 Å². The summed E-state index contributed by atoms with van der Waals surface area (Å²) in [6.07, 6.45) is 0.509. The molecule has 1 unspecified atom stereocenters. The number of halogens is 1. The van der Waals surface area contributed by atoms with Crippen LogP contribution in [0.3, 0.4) is 0 Å². The van der Waals surface area contributed by atoms with Gasteiger partial charge in [-0.25, -0.2) is 0 Å². The lowest BCUT2D eigenvalue weighted by Crippen LogP contribution is -2.30. The van der Waals surface area contributed by atoms with E-state index in [1.807, 2.05) is 60.7 Å². The van der Waals surface area contributed by atoms with Crippen LogP contribution >= 0.6 is 11.6 Å². The minimum atomic E-state index is -0.970. The third-order valence-electron chi connectivity index (χ3n) is 3.08. The molecule has 92 valence electrons. The predicted molar refractivity (Wildman–Crippen MR) is 74.8 cm³/mol. The number of carbonyl (C=O) groups excluding carboxylic acids is 1. The van der Waals surface area contributed by atoms with Crippen molar-refractivity contribution >= 4 is 17.4 Å². The van der Waals surface area contributed by atoms with Crippen LogP contribution in [0.25, 0.3) is 0 Å². The standard InChI is InChI=1S/C16H15ClO/c1-13(18)16(17,15-10-6-3-7-11-15)12-14-8-4-2-5-9-14/h2-11H,12H2,1H3. The molecule has 0 radical (unpaired) electrons. The largest absolute Gasteiger partial charge is 0.298 e. The maximum absolute atomic E-state index is 11.9. The summed E-state index contributed by atoms with van der Waals surface area (Å²) < 4.78 is 0. The minimum Gasteiger partial charge on any atom is -0.298 e. The molecule has 1 atom stereocenters. The highest BCUT2D eigenvalue weighted by atomic mass is 35.5. The van der Waals surface area contributed by atoms with Gasteiger partial charge in [0.25, 0.3) is 0 Å². The molecular weight excluding hydrogens is 244 g/mol. The van der Waals surface area contributed by atoms with E-state index in [4.69, 9.17) is 11.6 Å². The summed E-state index contributed by atoms with van der Waals surface area (Å²) in [5.41, 5.74) is 1.91. The maximum atomic E-state index is 11.9. The lowest BCUT2D eigenvalue weighted by molar-refractivity contribution is -0.119. The van der Waals surface area contributed by atoms with E-state index in [1.54, 1.807) is 6.92 Å². The van der Waals surface area contributed by atoms with Gasteiger partial charge >= 0.3 is 0 Å². The Bertz CT molecular complexity index is 521. The molecule has 18 heavy (non-hydrogen) atoms. The Labute approximate surface area is 112 Å². The van der Waals surface area contributed by atoms with Crippen molar-refractivity contribution in [2.24, 2.45) is 0 Å². The van der Waals surface area contributed by atoms with Crippen LogP contribution in [0.4, 0.5) is 0 Å². The van der Waals surface area contributed by atoms with Crippen molar-refractivity contribution < 1.29 is 4.79 Å². The van der Waals surface area contributed by atoms with Gasteiger partial charge in [-0.15, -0.1) is 11.6 Å². The number of alkyl halides is 1. The summed E-state index contributed by atoms with van der Waals surface area (Å²) in [4.78, 5) is 11.0. The first-order valence-electron chi connectivity index (χ1n) is 5.92. The van der Waals surface area contributed by atoms with Gasteiger partial charge in [0.15, 0.2) is 5.78 Å². The normalized spacial score (nSPS) is 13.9. The third-order valence-corrected chi connectivity index (χ3v) is 3.70. The van der Waals surface area contributed by atoms with E-state index in [0.717, 1.165) is 11.1 Å². The summed E-state index contributed by atoms with van der Waals surface area (Å²) >= 11 is 6.58. The van der Waals surface area contributed by atoms with Crippen molar-refractivity contribution in [3.8, 4) is 0 Å². The number of Topliss-reactive ketones (excluding diaryl/α,β-unsaturated/α-hetero) is 1. The fourth-order valence-electron chi connectivity index (χ4n) is 2.01. The molecule has 2 heteroatoms. The molecule has 2 aromatic rings. The van der Waals surface area contributed by atoms with Crippen molar-refractivity contribution in [2.45, 2.75) is 18.2 Å². The van der Waals surface area contributed by atoms with Gasteiger partial charge in [-0.05, 0) is 18.1 Å². The molecule has 2 rings (SSSR count). The number of hydrogen-bond donors (Lipinski definition) is 0. The first kappa shape index (κ1) is 12.8.